The third-order valence-electron chi connectivity index (χ3n) is 2.48. The smallest absolute Gasteiger partial charge is 0.244 e. The molecule has 0 aromatic rings. The second-order valence-electron chi connectivity index (χ2n) is 3.85. The molecule has 0 saturated carbocycles. The molecule has 1 unspecified atom stereocenters. The maximum absolute atomic E-state index is 11.5. The molecule has 1 aliphatic rings. The van der Waals surface area contributed by atoms with E-state index in [2.05, 4.69) is 10.6 Å². The van der Waals surface area contributed by atoms with Crippen molar-refractivity contribution in [3.63, 3.8) is 0 Å². The maximum atomic E-state index is 11.5. The number of hydrogen-bond acceptors (Lipinski definition) is 3. The lowest BCUT2D eigenvalue weighted by Gasteiger charge is -2.12. The molecule has 2 amide bonds. The van der Waals surface area contributed by atoms with Gasteiger partial charge in [-0.25, -0.2) is 0 Å². The van der Waals surface area contributed by atoms with Gasteiger partial charge in [0, 0.05) is 13.6 Å². The van der Waals surface area contributed by atoms with Gasteiger partial charge in [-0.1, -0.05) is 6.92 Å². The maximum Gasteiger partial charge on any atom is 0.244 e. The number of hydrogen-bond donors (Lipinski definition) is 2. The highest BCUT2D eigenvalue weighted by Gasteiger charge is 2.29. The van der Waals surface area contributed by atoms with E-state index in [1.54, 1.807) is 11.9 Å². The number of amides is 2. The molecule has 5 heteroatoms. The fourth-order valence-electron chi connectivity index (χ4n) is 1.58. The average Bonchev–Trinajstić information content (AvgIpc) is 2.50. The number of nitrogens with zero attached hydrogens (tertiary/aromatic N) is 1. The van der Waals surface area contributed by atoms with Gasteiger partial charge in [0.25, 0.3) is 0 Å². The Morgan fingerprint density at radius 1 is 1.60 bits per heavy atom. The van der Waals surface area contributed by atoms with E-state index in [9.17, 15) is 9.59 Å². The van der Waals surface area contributed by atoms with Crippen molar-refractivity contribution in [2.45, 2.75) is 25.8 Å². The number of carbonyl (C=O) groups excluding carboxylic acids is 2. The molecule has 1 atom stereocenters. The summed E-state index contributed by atoms with van der Waals surface area (Å²) in [5.74, 6) is -0.0871. The Morgan fingerprint density at radius 3 is 2.87 bits per heavy atom. The minimum Gasteiger partial charge on any atom is -0.344 e. The van der Waals surface area contributed by atoms with Crippen LogP contribution in [-0.2, 0) is 9.59 Å². The highest BCUT2D eigenvalue weighted by molar-refractivity contribution is 5.89. The Bertz CT molecular complexity index is 243. The molecule has 1 aliphatic heterocycles. The molecule has 1 heterocycles. The van der Waals surface area contributed by atoms with Crippen LogP contribution in [0.3, 0.4) is 0 Å². The van der Waals surface area contributed by atoms with Crippen molar-refractivity contribution < 1.29 is 9.59 Å². The lowest BCUT2D eigenvalue weighted by molar-refractivity contribution is -0.131. The summed E-state index contributed by atoms with van der Waals surface area (Å²) in [7, 11) is 1.75. The molecule has 5 nitrogen and oxygen atoms in total. The standard InChI is InChI=1S/C10H19N3O2/c1-3-5-11-7-9(14)12-8-4-6-13(2)10(8)15/h8,11H,3-7H2,1-2H3,(H,12,14). The molecular formula is C10H19N3O2. The summed E-state index contributed by atoms with van der Waals surface area (Å²) in [6.07, 6.45) is 1.72. The molecule has 0 aliphatic carbocycles. The van der Waals surface area contributed by atoms with Crippen LogP contribution in [0.1, 0.15) is 19.8 Å². The monoisotopic (exact) mass is 213 g/mol. The summed E-state index contributed by atoms with van der Waals surface area (Å²) < 4.78 is 0. The summed E-state index contributed by atoms with van der Waals surface area (Å²) >= 11 is 0. The number of carbonyl (C=O) groups is 2. The van der Waals surface area contributed by atoms with E-state index in [4.69, 9.17) is 0 Å². The van der Waals surface area contributed by atoms with Crippen LogP contribution < -0.4 is 10.6 Å². The number of nitrogens with one attached hydrogen (secondary N) is 2. The average molecular weight is 213 g/mol. The summed E-state index contributed by atoms with van der Waals surface area (Å²) in [5, 5.41) is 5.72. The van der Waals surface area contributed by atoms with Crippen molar-refractivity contribution >= 4 is 11.8 Å². The molecule has 2 N–H and O–H groups in total. The minimum absolute atomic E-state index is 0.0128. The molecule has 86 valence electrons. The van der Waals surface area contributed by atoms with Crippen molar-refractivity contribution in [1.82, 2.24) is 15.5 Å². The van der Waals surface area contributed by atoms with E-state index in [1.165, 1.54) is 0 Å². The van der Waals surface area contributed by atoms with Gasteiger partial charge in [-0.05, 0) is 19.4 Å². The lowest BCUT2D eigenvalue weighted by Crippen LogP contribution is -2.44. The van der Waals surface area contributed by atoms with Crippen LogP contribution in [0.25, 0.3) is 0 Å². The quantitative estimate of drug-likeness (QED) is 0.596. The van der Waals surface area contributed by atoms with Crippen molar-refractivity contribution in [2.75, 3.05) is 26.7 Å². The predicted octanol–water partition coefficient (Wildman–Crippen LogP) is -0.667. The fourth-order valence-corrected chi connectivity index (χ4v) is 1.58. The predicted molar refractivity (Wildman–Crippen MR) is 57.3 cm³/mol. The van der Waals surface area contributed by atoms with Gasteiger partial charge in [-0.15, -0.1) is 0 Å². The zero-order valence-corrected chi connectivity index (χ0v) is 9.38. The van der Waals surface area contributed by atoms with Gasteiger partial charge < -0.3 is 15.5 Å². The third-order valence-corrected chi connectivity index (χ3v) is 2.48. The molecule has 0 bridgehead atoms. The third kappa shape index (κ3) is 3.51. The van der Waals surface area contributed by atoms with Crippen molar-refractivity contribution in [2.24, 2.45) is 0 Å². The van der Waals surface area contributed by atoms with Crippen molar-refractivity contribution in [1.29, 1.82) is 0 Å². The van der Waals surface area contributed by atoms with Gasteiger partial charge in [0.15, 0.2) is 0 Å². The van der Waals surface area contributed by atoms with Crippen LogP contribution in [0.4, 0.5) is 0 Å². The van der Waals surface area contributed by atoms with Gasteiger partial charge in [0.05, 0.1) is 6.54 Å². The Labute approximate surface area is 90.2 Å². The molecule has 15 heavy (non-hydrogen) atoms. The molecule has 1 fully saturated rings. The molecular weight excluding hydrogens is 194 g/mol. The van der Waals surface area contributed by atoms with Crippen LogP contribution in [0, 0.1) is 0 Å². The Hall–Kier alpha value is -1.10. The highest BCUT2D eigenvalue weighted by atomic mass is 16.2. The van der Waals surface area contributed by atoms with Gasteiger partial charge in [0.2, 0.25) is 11.8 Å². The number of likely N-dealkylation sites (N-methyl/N-ethyl adjacent to an activating group) is 1. The number of likely N-dealkylation sites (tertiary alicyclic amines) is 1. The summed E-state index contributed by atoms with van der Waals surface area (Å²) in [5.41, 5.74) is 0. The van der Waals surface area contributed by atoms with E-state index in [0.29, 0.717) is 6.54 Å². The minimum atomic E-state index is -0.314. The zero-order valence-electron chi connectivity index (χ0n) is 9.38. The van der Waals surface area contributed by atoms with E-state index in [-0.39, 0.29) is 17.9 Å². The Kier molecular flexibility index (Phi) is 4.55. The van der Waals surface area contributed by atoms with Crippen LogP contribution in [-0.4, -0.2) is 49.4 Å². The summed E-state index contributed by atoms with van der Waals surface area (Å²) in [6, 6.07) is -0.314. The van der Waals surface area contributed by atoms with Gasteiger partial charge in [-0.3, -0.25) is 9.59 Å². The van der Waals surface area contributed by atoms with Gasteiger partial charge in [0.1, 0.15) is 6.04 Å². The zero-order chi connectivity index (χ0) is 11.3. The summed E-state index contributed by atoms with van der Waals surface area (Å²) in [4.78, 5) is 24.5. The van der Waals surface area contributed by atoms with Crippen LogP contribution in [0.15, 0.2) is 0 Å². The van der Waals surface area contributed by atoms with E-state index >= 15 is 0 Å². The fraction of sp³-hybridized carbons (Fsp3) is 0.800. The molecule has 1 saturated heterocycles. The normalized spacial score (nSPS) is 20.8. The van der Waals surface area contributed by atoms with Crippen molar-refractivity contribution in [3.8, 4) is 0 Å². The first kappa shape index (κ1) is 12.0. The number of rotatable bonds is 5. The van der Waals surface area contributed by atoms with Gasteiger partial charge >= 0.3 is 0 Å². The summed E-state index contributed by atoms with van der Waals surface area (Å²) in [6.45, 7) is 3.89. The Morgan fingerprint density at radius 2 is 2.33 bits per heavy atom. The van der Waals surface area contributed by atoms with Crippen molar-refractivity contribution in [3.05, 3.63) is 0 Å². The highest BCUT2D eigenvalue weighted by Crippen LogP contribution is 2.07. The second kappa shape index (κ2) is 5.70. The van der Waals surface area contributed by atoms with Crippen LogP contribution in [0.2, 0.25) is 0 Å². The molecule has 0 aromatic heterocycles. The van der Waals surface area contributed by atoms with E-state index in [1.807, 2.05) is 6.92 Å². The molecule has 1 rings (SSSR count). The lowest BCUT2D eigenvalue weighted by atomic mass is 10.2. The largest absolute Gasteiger partial charge is 0.344 e. The SMILES string of the molecule is CCCNCC(=O)NC1CCN(C)C1=O. The first-order valence-corrected chi connectivity index (χ1v) is 5.40. The second-order valence-corrected chi connectivity index (χ2v) is 3.85. The first-order valence-electron chi connectivity index (χ1n) is 5.40. The first-order chi connectivity index (χ1) is 7.15. The van der Waals surface area contributed by atoms with E-state index < -0.39 is 0 Å². The molecule has 0 radical (unpaired) electrons. The Balaban J connectivity index is 2.23. The van der Waals surface area contributed by atoms with Crippen LogP contribution >= 0.6 is 0 Å². The molecule has 0 spiro atoms. The molecule has 0 aromatic carbocycles. The van der Waals surface area contributed by atoms with Crippen LogP contribution in [0.5, 0.6) is 0 Å². The topological polar surface area (TPSA) is 61.4 Å². The van der Waals surface area contributed by atoms with E-state index in [0.717, 1.165) is 25.9 Å². The van der Waals surface area contributed by atoms with Gasteiger partial charge in [-0.2, -0.15) is 0 Å².